The van der Waals surface area contributed by atoms with Gasteiger partial charge in [0.15, 0.2) is 0 Å². The molecule has 1 aliphatic heterocycles. The number of anilines is 1. The van der Waals surface area contributed by atoms with Crippen molar-refractivity contribution < 1.29 is 4.79 Å². The Morgan fingerprint density at radius 2 is 2.11 bits per heavy atom. The predicted octanol–water partition coefficient (Wildman–Crippen LogP) is 2.74. The van der Waals surface area contributed by atoms with E-state index in [4.69, 9.17) is 0 Å². The zero-order valence-electron chi connectivity index (χ0n) is 12.4. The van der Waals surface area contributed by atoms with Gasteiger partial charge in [-0.15, -0.1) is 0 Å². The van der Waals surface area contributed by atoms with Crippen LogP contribution in [0.2, 0.25) is 0 Å². The van der Waals surface area contributed by atoms with Gasteiger partial charge in [0.1, 0.15) is 0 Å². The number of para-hydroxylation sites is 1. The number of likely N-dealkylation sites (N-methyl/N-ethyl adjacent to an activating group) is 1. The molecule has 0 fully saturated rings. The van der Waals surface area contributed by atoms with Crippen LogP contribution in [-0.4, -0.2) is 24.0 Å². The molecule has 1 unspecified atom stereocenters. The van der Waals surface area contributed by atoms with Gasteiger partial charge in [-0.1, -0.05) is 25.1 Å². The minimum absolute atomic E-state index is 0.161. The summed E-state index contributed by atoms with van der Waals surface area (Å²) >= 11 is 0. The van der Waals surface area contributed by atoms with E-state index in [2.05, 4.69) is 24.4 Å². The van der Waals surface area contributed by atoms with Crippen LogP contribution >= 0.6 is 0 Å². The molecule has 104 valence electrons. The highest BCUT2D eigenvalue weighted by molar-refractivity contribution is 6.01. The average molecular weight is 260 g/mol. The lowest BCUT2D eigenvalue weighted by Crippen LogP contribution is -2.57. The molecule has 0 saturated heterocycles. The molecule has 1 amide bonds. The molecule has 1 aliphatic rings. The molecular formula is C16H24N2O. The second-order valence-electron chi connectivity index (χ2n) is 5.85. The second-order valence-corrected chi connectivity index (χ2v) is 5.85. The van der Waals surface area contributed by atoms with Gasteiger partial charge in [0.05, 0.1) is 5.54 Å². The minimum Gasteiger partial charge on any atom is -0.308 e. The van der Waals surface area contributed by atoms with Crippen molar-refractivity contribution in [1.29, 1.82) is 0 Å². The fourth-order valence-corrected chi connectivity index (χ4v) is 2.82. The van der Waals surface area contributed by atoms with E-state index in [1.165, 1.54) is 5.56 Å². The van der Waals surface area contributed by atoms with Crippen LogP contribution in [-0.2, 0) is 11.2 Å². The summed E-state index contributed by atoms with van der Waals surface area (Å²) in [7, 11) is 0. The van der Waals surface area contributed by atoms with Crippen molar-refractivity contribution in [3.05, 3.63) is 29.8 Å². The van der Waals surface area contributed by atoms with Gasteiger partial charge in [0.25, 0.3) is 0 Å². The number of hydrogen-bond donors (Lipinski definition) is 1. The van der Waals surface area contributed by atoms with Crippen molar-refractivity contribution in [2.24, 2.45) is 0 Å². The number of nitrogens with one attached hydrogen (secondary N) is 1. The molecule has 1 aromatic rings. The molecule has 0 radical (unpaired) electrons. The first-order valence-corrected chi connectivity index (χ1v) is 7.14. The van der Waals surface area contributed by atoms with Gasteiger partial charge in [0, 0.05) is 11.7 Å². The Morgan fingerprint density at radius 3 is 2.79 bits per heavy atom. The van der Waals surface area contributed by atoms with E-state index < -0.39 is 5.54 Å². The van der Waals surface area contributed by atoms with Crippen LogP contribution in [0.5, 0.6) is 0 Å². The summed E-state index contributed by atoms with van der Waals surface area (Å²) in [5.74, 6) is 0.161. The van der Waals surface area contributed by atoms with Crippen LogP contribution in [0.25, 0.3) is 0 Å². The maximum absolute atomic E-state index is 12.8. The van der Waals surface area contributed by atoms with E-state index in [9.17, 15) is 4.79 Å². The number of carbonyl (C=O) groups is 1. The van der Waals surface area contributed by atoms with Crippen molar-refractivity contribution >= 4 is 11.6 Å². The molecule has 19 heavy (non-hydrogen) atoms. The number of aryl methyl sites for hydroxylation is 1. The first kappa shape index (κ1) is 14.1. The standard InChI is InChI=1S/C16H24N2O/c1-5-17-16(3,4)15(19)18-12(2)10-11-13-8-6-7-9-14(13)18/h6-9,12,17H,5,10-11H2,1-4H3. The normalized spacial score (nSPS) is 19.2. The van der Waals surface area contributed by atoms with Crippen molar-refractivity contribution in [1.82, 2.24) is 5.32 Å². The molecular weight excluding hydrogens is 236 g/mol. The number of benzene rings is 1. The molecule has 2 rings (SSSR count). The van der Waals surface area contributed by atoms with Crippen LogP contribution in [0.4, 0.5) is 5.69 Å². The van der Waals surface area contributed by atoms with E-state index >= 15 is 0 Å². The van der Waals surface area contributed by atoms with E-state index in [0.29, 0.717) is 0 Å². The van der Waals surface area contributed by atoms with E-state index in [1.807, 2.05) is 37.8 Å². The quantitative estimate of drug-likeness (QED) is 0.906. The van der Waals surface area contributed by atoms with E-state index in [0.717, 1.165) is 25.1 Å². The maximum Gasteiger partial charge on any atom is 0.246 e. The van der Waals surface area contributed by atoms with Gasteiger partial charge < -0.3 is 10.2 Å². The van der Waals surface area contributed by atoms with E-state index in [1.54, 1.807) is 0 Å². The zero-order valence-corrected chi connectivity index (χ0v) is 12.4. The fourth-order valence-electron chi connectivity index (χ4n) is 2.82. The van der Waals surface area contributed by atoms with Crippen LogP contribution < -0.4 is 10.2 Å². The Hall–Kier alpha value is -1.35. The van der Waals surface area contributed by atoms with Crippen molar-refractivity contribution in [2.75, 3.05) is 11.4 Å². The smallest absolute Gasteiger partial charge is 0.246 e. The van der Waals surface area contributed by atoms with Crippen LogP contribution in [0, 0.1) is 0 Å². The van der Waals surface area contributed by atoms with Crippen LogP contribution in [0.1, 0.15) is 39.7 Å². The molecule has 1 aromatic carbocycles. The molecule has 3 nitrogen and oxygen atoms in total. The highest BCUT2D eigenvalue weighted by atomic mass is 16.2. The Kier molecular flexibility index (Phi) is 3.95. The number of nitrogens with zero attached hydrogens (tertiary/aromatic N) is 1. The lowest BCUT2D eigenvalue weighted by atomic mass is 9.93. The lowest BCUT2D eigenvalue weighted by Gasteiger charge is -2.40. The Morgan fingerprint density at radius 1 is 1.42 bits per heavy atom. The molecule has 0 spiro atoms. The molecule has 3 heteroatoms. The van der Waals surface area contributed by atoms with E-state index in [-0.39, 0.29) is 11.9 Å². The molecule has 1 heterocycles. The summed E-state index contributed by atoms with van der Waals surface area (Å²) < 4.78 is 0. The summed E-state index contributed by atoms with van der Waals surface area (Å²) in [4.78, 5) is 14.8. The molecule has 0 aliphatic carbocycles. The summed E-state index contributed by atoms with van der Waals surface area (Å²) in [5, 5.41) is 3.28. The largest absolute Gasteiger partial charge is 0.308 e. The summed E-state index contributed by atoms with van der Waals surface area (Å²) in [6.07, 6.45) is 2.09. The van der Waals surface area contributed by atoms with Crippen LogP contribution in [0.15, 0.2) is 24.3 Å². The van der Waals surface area contributed by atoms with Gasteiger partial charge >= 0.3 is 0 Å². The monoisotopic (exact) mass is 260 g/mol. The third kappa shape index (κ3) is 2.66. The molecule has 0 aromatic heterocycles. The maximum atomic E-state index is 12.8. The number of hydrogen-bond acceptors (Lipinski definition) is 2. The SMILES string of the molecule is CCNC(C)(C)C(=O)N1c2ccccc2CCC1C. The topological polar surface area (TPSA) is 32.3 Å². The Balaban J connectivity index is 2.36. The molecule has 0 bridgehead atoms. The lowest BCUT2D eigenvalue weighted by molar-refractivity contribution is -0.124. The highest BCUT2D eigenvalue weighted by Crippen LogP contribution is 2.32. The summed E-state index contributed by atoms with van der Waals surface area (Å²) in [6.45, 7) is 8.88. The number of fused-ring (bicyclic) bond motifs is 1. The second kappa shape index (κ2) is 5.33. The Bertz CT molecular complexity index is 468. The summed E-state index contributed by atoms with van der Waals surface area (Å²) in [6, 6.07) is 8.51. The third-order valence-corrected chi connectivity index (χ3v) is 3.90. The van der Waals surface area contributed by atoms with Gasteiger partial charge in [-0.2, -0.15) is 0 Å². The first-order chi connectivity index (χ1) is 8.97. The van der Waals surface area contributed by atoms with Crippen molar-refractivity contribution in [3.8, 4) is 0 Å². The molecule has 1 atom stereocenters. The molecule has 0 saturated carbocycles. The van der Waals surface area contributed by atoms with Gasteiger partial charge in [0.2, 0.25) is 5.91 Å². The van der Waals surface area contributed by atoms with Gasteiger partial charge in [-0.25, -0.2) is 0 Å². The number of carbonyl (C=O) groups excluding carboxylic acids is 1. The number of amides is 1. The third-order valence-electron chi connectivity index (χ3n) is 3.90. The van der Waals surface area contributed by atoms with Gasteiger partial charge in [-0.05, 0) is 51.8 Å². The first-order valence-electron chi connectivity index (χ1n) is 7.14. The zero-order chi connectivity index (χ0) is 14.0. The summed E-state index contributed by atoms with van der Waals surface area (Å²) in [5.41, 5.74) is 1.84. The van der Waals surface area contributed by atoms with Crippen molar-refractivity contribution in [3.63, 3.8) is 0 Å². The van der Waals surface area contributed by atoms with Crippen LogP contribution in [0.3, 0.4) is 0 Å². The predicted molar refractivity (Wildman–Crippen MR) is 79.5 cm³/mol. The minimum atomic E-state index is -0.520. The van der Waals surface area contributed by atoms with Gasteiger partial charge in [-0.3, -0.25) is 4.79 Å². The highest BCUT2D eigenvalue weighted by Gasteiger charge is 2.36. The Labute approximate surface area is 116 Å². The average Bonchev–Trinajstić information content (AvgIpc) is 2.38. The molecule has 1 N–H and O–H groups in total. The fraction of sp³-hybridized carbons (Fsp3) is 0.562. The van der Waals surface area contributed by atoms with Crippen molar-refractivity contribution in [2.45, 2.75) is 52.1 Å². The number of rotatable bonds is 3.